The molecular formula is C13H15F3N2O2S. The summed E-state index contributed by atoms with van der Waals surface area (Å²) in [7, 11) is 0. The molecule has 1 aromatic rings. The van der Waals surface area contributed by atoms with Crippen LogP contribution < -0.4 is 10.5 Å². The summed E-state index contributed by atoms with van der Waals surface area (Å²) in [6, 6.07) is 6.48. The lowest BCUT2D eigenvalue weighted by atomic mass is 10.2. The maximum Gasteiger partial charge on any atom is 0.406 e. The highest BCUT2D eigenvalue weighted by Gasteiger charge is 2.32. The van der Waals surface area contributed by atoms with Crippen LogP contribution in [0.25, 0.3) is 0 Å². The summed E-state index contributed by atoms with van der Waals surface area (Å²) in [5.41, 5.74) is 5.93. The van der Waals surface area contributed by atoms with Crippen LogP contribution in [-0.4, -0.2) is 41.7 Å². The van der Waals surface area contributed by atoms with E-state index in [1.807, 2.05) is 0 Å². The lowest BCUT2D eigenvalue weighted by molar-refractivity contribution is -0.161. The molecule has 0 bridgehead atoms. The number of hydrogen-bond donors (Lipinski definition) is 1. The van der Waals surface area contributed by atoms with Crippen LogP contribution in [0.5, 0.6) is 5.75 Å². The first kappa shape index (κ1) is 17.2. The van der Waals surface area contributed by atoms with Crippen LogP contribution in [-0.2, 0) is 4.79 Å². The summed E-state index contributed by atoms with van der Waals surface area (Å²) in [6.07, 6.45) is -4.44. The van der Waals surface area contributed by atoms with Gasteiger partial charge < -0.3 is 15.4 Å². The number of benzene rings is 1. The van der Waals surface area contributed by atoms with E-state index in [0.717, 1.165) is 0 Å². The Balaban J connectivity index is 2.70. The van der Waals surface area contributed by atoms with Gasteiger partial charge in [-0.1, -0.05) is 24.4 Å². The second-order valence-corrected chi connectivity index (χ2v) is 4.61. The number of nitrogens with zero attached hydrogens (tertiary/aromatic N) is 1. The number of likely N-dealkylation sites (N-methyl/N-ethyl adjacent to an activating group) is 1. The molecule has 0 unspecified atom stereocenters. The predicted molar refractivity (Wildman–Crippen MR) is 76.1 cm³/mol. The Labute approximate surface area is 125 Å². The lowest BCUT2D eigenvalue weighted by Gasteiger charge is -2.22. The fourth-order valence-electron chi connectivity index (χ4n) is 1.62. The molecule has 2 N–H and O–H groups in total. The van der Waals surface area contributed by atoms with E-state index in [0.29, 0.717) is 10.5 Å². The number of thiocarbonyl (C=S) groups is 1. The highest BCUT2D eigenvalue weighted by atomic mass is 32.1. The van der Waals surface area contributed by atoms with Crippen molar-refractivity contribution in [3.63, 3.8) is 0 Å². The number of ether oxygens (including phenoxy) is 1. The van der Waals surface area contributed by atoms with Gasteiger partial charge in [0, 0.05) is 6.54 Å². The average Bonchev–Trinajstić information content (AvgIpc) is 2.41. The number of hydrogen-bond acceptors (Lipinski definition) is 3. The van der Waals surface area contributed by atoms with Crippen LogP contribution in [0.1, 0.15) is 12.5 Å². The largest absolute Gasteiger partial charge is 0.483 e. The highest BCUT2D eigenvalue weighted by molar-refractivity contribution is 7.80. The van der Waals surface area contributed by atoms with E-state index in [9.17, 15) is 18.0 Å². The van der Waals surface area contributed by atoms with E-state index in [-0.39, 0.29) is 17.3 Å². The minimum Gasteiger partial charge on any atom is -0.483 e. The van der Waals surface area contributed by atoms with Crippen LogP contribution >= 0.6 is 12.2 Å². The highest BCUT2D eigenvalue weighted by Crippen LogP contribution is 2.19. The van der Waals surface area contributed by atoms with Crippen molar-refractivity contribution >= 4 is 23.1 Å². The summed E-state index contributed by atoms with van der Waals surface area (Å²) in [5, 5.41) is 0. The SMILES string of the molecule is CCN(CC(F)(F)F)C(=O)COc1ccccc1C(N)=S. The molecule has 0 heterocycles. The van der Waals surface area contributed by atoms with Crippen molar-refractivity contribution < 1.29 is 22.7 Å². The molecule has 0 aliphatic carbocycles. The Hall–Kier alpha value is -1.83. The van der Waals surface area contributed by atoms with Gasteiger partial charge in [-0.3, -0.25) is 4.79 Å². The maximum absolute atomic E-state index is 12.3. The molecule has 0 aliphatic heterocycles. The number of carbonyl (C=O) groups excluding carboxylic acids is 1. The van der Waals surface area contributed by atoms with E-state index in [2.05, 4.69) is 0 Å². The quantitative estimate of drug-likeness (QED) is 0.816. The normalized spacial score (nSPS) is 11.0. The fraction of sp³-hybridized carbons (Fsp3) is 0.385. The van der Waals surface area contributed by atoms with Crippen molar-refractivity contribution in [3.8, 4) is 5.75 Å². The van der Waals surface area contributed by atoms with Crippen molar-refractivity contribution in [2.24, 2.45) is 5.73 Å². The summed E-state index contributed by atoms with van der Waals surface area (Å²) < 4.78 is 42.2. The molecule has 0 spiro atoms. The maximum atomic E-state index is 12.3. The van der Waals surface area contributed by atoms with Gasteiger partial charge >= 0.3 is 6.18 Å². The molecule has 0 saturated heterocycles. The Morgan fingerprint density at radius 2 is 2.00 bits per heavy atom. The summed E-state index contributed by atoms with van der Waals surface area (Å²) >= 11 is 4.83. The molecule has 1 aromatic carbocycles. The van der Waals surface area contributed by atoms with E-state index < -0.39 is 25.2 Å². The molecule has 1 amide bonds. The lowest BCUT2D eigenvalue weighted by Crippen LogP contribution is -2.41. The number of halogens is 3. The van der Waals surface area contributed by atoms with Gasteiger partial charge in [-0.25, -0.2) is 0 Å². The van der Waals surface area contributed by atoms with Gasteiger partial charge in [0.15, 0.2) is 6.61 Å². The molecule has 0 atom stereocenters. The van der Waals surface area contributed by atoms with Crippen molar-refractivity contribution in [2.75, 3.05) is 19.7 Å². The van der Waals surface area contributed by atoms with Crippen molar-refractivity contribution in [1.29, 1.82) is 0 Å². The Morgan fingerprint density at radius 3 is 2.52 bits per heavy atom. The zero-order valence-electron chi connectivity index (χ0n) is 11.3. The molecule has 8 heteroatoms. The van der Waals surface area contributed by atoms with Crippen LogP contribution in [0.3, 0.4) is 0 Å². The molecule has 0 aliphatic rings. The van der Waals surface area contributed by atoms with Gasteiger partial charge in [-0.05, 0) is 19.1 Å². The zero-order chi connectivity index (χ0) is 16.0. The second kappa shape index (κ2) is 7.26. The smallest absolute Gasteiger partial charge is 0.406 e. The summed E-state index contributed by atoms with van der Waals surface area (Å²) in [6.45, 7) is -0.405. The van der Waals surface area contributed by atoms with Gasteiger partial charge in [0.25, 0.3) is 5.91 Å². The third-order valence-electron chi connectivity index (χ3n) is 2.61. The molecule has 4 nitrogen and oxygen atoms in total. The van der Waals surface area contributed by atoms with Crippen molar-refractivity contribution in [1.82, 2.24) is 4.90 Å². The molecule has 0 fully saturated rings. The third kappa shape index (κ3) is 5.58. The number of rotatable bonds is 6. The molecular weight excluding hydrogens is 305 g/mol. The number of amides is 1. The number of carbonyl (C=O) groups is 1. The van der Waals surface area contributed by atoms with E-state index in [1.54, 1.807) is 24.3 Å². The second-order valence-electron chi connectivity index (χ2n) is 4.17. The molecule has 1 rings (SSSR count). The summed E-state index contributed by atoms with van der Waals surface area (Å²) in [5.74, 6) is -0.492. The zero-order valence-corrected chi connectivity index (χ0v) is 12.1. The summed E-state index contributed by atoms with van der Waals surface area (Å²) in [4.78, 5) is 12.5. The Kier molecular flexibility index (Phi) is 5.95. The standard InChI is InChI=1S/C13H15F3N2O2S/c1-2-18(8-13(14,15)16)11(19)7-20-10-6-4-3-5-9(10)12(17)21/h3-6H,2,7-8H2,1H3,(H2,17,21). The van der Waals surface area contributed by atoms with E-state index >= 15 is 0 Å². The van der Waals surface area contributed by atoms with Gasteiger partial charge in [-0.15, -0.1) is 0 Å². The van der Waals surface area contributed by atoms with Gasteiger partial charge in [0.05, 0.1) is 5.56 Å². The Morgan fingerprint density at radius 1 is 1.38 bits per heavy atom. The van der Waals surface area contributed by atoms with Crippen LogP contribution in [0, 0.1) is 0 Å². The topological polar surface area (TPSA) is 55.6 Å². The van der Waals surface area contributed by atoms with Crippen LogP contribution in [0.4, 0.5) is 13.2 Å². The van der Waals surface area contributed by atoms with Gasteiger partial charge in [0.1, 0.15) is 17.3 Å². The average molecular weight is 320 g/mol. The van der Waals surface area contributed by atoms with Crippen molar-refractivity contribution in [2.45, 2.75) is 13.1 Å². The number of alkyl halides is 3. The van der Waals surface area contributed by atoms with E-state index in [4.69, 9.17) is 22.7 Å². The third-order valence-corrected chi connectivity index (χ3v) is 2.83. The van der Waals surface area contributed by atoms with Crippen LogP contribution in [0.2, 0.25) is 0 Å². The number of para-hydroxylation sites is 1. The molecule has 21 heavy (non-hydrogen) atoms. The van der Waals surface area contributed by atoms with Crippen molar-refractivity contribution in [3.05, 3.63) is 29.8 Å². The minimum absolute atomic E-state index is 0.0569. The first-order chi connectivity index (χ1) is 9.74. The number of nitrogens with two attached hydrogens (primary N) is 1. The van der Waals surface area contributed by atoms with Gasteiger partial charge in [0.2, 0.25) is 0 Å². The first-order valence-electron chi connectivity index (χ1n) is 6.10. The molecule has 0 saturated carbocycles. The molecule has 116 valence electrons. The van der Waals surface area contributed by atoms with Gasteiger partial charge in [-0.2, -0.15) is 13.2 Å². The monoisotopic (exact) mass is 320 g/mol. The first-order valence-corrected chi connectivity index (χ1v) is 6.51. The van der Waals surface area contributed by atoms with Crippen LogP contribution in [0.15, 0.2) is 24.3 Å². The Bertz CT molecular complexity index is 520. The predicted octanol–water partition coefficient (Wildman–Crippen LogP) is 2.11. The fourth-order valence-corrected chi connectivity index (χ4v) is 1.79. The molecule has 0 radical (unpaired) electrons. The molecule has 0 aromatic heterocycles. The van der Waals surface area contributed by atoms with E-state index in [1.165, 1.54) is 6.92 Å². The minimum atomic E-state index is -4.44.